The highest BCUT2D eigenvalue weighted by atomic mass is 19.1. The molecule has 0 unspecified atom stereocenters. The van der Waals surface area contributed by atoms with Crippen LogP contribution in [0.3, 0.4) is 0 Å². The summed E-state index contributed by atoms with van der Waals surface area (Å²) in [6.07, 6.45) is -0.843. The fourth-order valence-corrected chi connectivity index (χ4v) is 3.99. The van der Waals surface area contributed by atoms with Crippen molar-refractivity contribution >= 4 is 23.6 Å². The average molecular weight is 508 g/mol. The average Bonchev–Trinajstić information content (AvgIpc) is 3.21. The maximum Gasteiger partial charge on any atom is 0.411 e. The summed E-state index contributed by atoms with van der Waals surface area (Å²) in [5.41, 5.74) is 2.00. The minimum absolute atomic E-state index is 0.0695. The van der Waals surface area contributed by atoms with Crippen molar-refractivity contribution in [1.82, 2.24) is 10.2 Å². The van der Waals surface area contributed by atoms with Crippen LogP contribution in [-0.2, 0) is 16.1 Å². The van der Waals surface area contributed by atoms with Gasteiger partial charge in [0.1, 0.15) is 11.6 Å². The fourth-order valence-electron chi connectivity index (χ4n) is 3.99. The zero-order valence-electron chi connectivity index (χ0n) is 20.4. The number of hydrogen-bond donors (Lipinski definition) is 2. The number of carbonyl (C=O) groups excluding carboxylic acids is 3. The molecule has 0 bridgehead atoms. The number of rotatable bonds is 8. The lowest BCUT2D eigenvalue weighted by molar-refractivity contribution is -0.127. The van der Waals surface area contributed by atoms with E-state index in [0.29, 0.717) is 28.8 Å². The Hall–Kier alpha value is -4.27. The Morgan fingerprint density at radius 1 is 0.946 bits per heavy atom. The summed E-state index contributed by atoms with van der Waals surface area (Å²) in [5.74, 6) is -1.60. The van der Waals surface area contributed by atoms with Gasteiger partial charge in [0.25, 0.3) is 5.91 Å². The monoisotopic (exact) mass is 507 g/mol. The normalized spacial score (nSPS) is 17.7. The Bertz CT molecular complexity index is 1260. The van der Waals surface area contributed by atoms with Gasteiger partial charge in [0.2, 0.25) is 5.91 Å². The third-order valence-corrected chi connectivity index (χ3v) is 6.22. The van der Waals surface area contributed by atoms with E-state index in [0.717, 1.165) is 0 Å². The number of cyclic esters (lactones) is 1. The van der Waals surface area contributed by atoms with Crippen LogP contribution in [0, 0.1) is 11.6 Å². The number of benzene rings is 3. The lowest BCUT2D eigenvalue weighted by atomic mass is 10.00. The number of anilines is 1. The lowest BCUT2D eigenvalue weighted by Crippen LogP contribution is -2.48. The van der Waals surface area contributed by atoms with Crippen molar-refractivity contribution in [2.75, 3.05) is 5.32 Å². The van der Waals surface area contributed by atoms with Gasteiger partial charge in [-0.15, -0.1) is 0 Å². The highest BCUT2D eigenvalue weighted by Crippen LogP contribution is 2.34. The Balaban J connectivity index is 1.55. The Labute approximate surface area is 213 Å². The molecule has 7 nitrogen and oxygen atoms in total. The van der Waals surface area contributed by atoms with Gasteiger partial charge < -0.3 is 15.4 Å². The summed E-state index contributed by atoms with van der Waals surface area (Å²) in [6.45, 7) is 3.88. The molecule has 4 rings (SSSR count). The van der Waals surface area contributed by atoms with Crippen LogP contribution in [0.1, 0.15) is 47.9 Å². The lowest BCUT2D eigenvalue weighted by Gasteiger charge is -2.25. The van der Waals surface area contributed by atoms with Gasteiger partial charge in [0.05, 0.1) is 6.54 Å². The molecule has 1 aliphatic rings. The van der Waals surface area contributed by atoms with Gasteiger partial charge >= 0.3 is 6.09 Å². The predicted octanol–water partition coefficient (Wildman–Crippen LogP) is 5.19. The smallest absolute Gasteiger partial charge is 0.411 e. The van der Waals surface area contributed by atoms with E-state index in [2.05, 4.69) is 10.6 Å². The summed E-state index contributed by atoms with van der Waals surface area (Å²) in [6, 6.07) is 16.4. The van der Waals surface area contributed by atoms with Crippen molar-refractivity contribution in [3.63, 3.8) is 0 Å². The molecule has 9 heteroatoms. The number of amides is 3. The van der Waals surface area contributed by atoms with Crippen molar-refractivity contribution in [3.8, 4) is 0 Å². The third-order valence-electron chi connectivity index (χ3n) is 6.22. The topological polar surface area (TPSA) is 87.7 Å². The maximum absolute atomic E-state index is 13.4. The minimum Gasteiger partial charge on any atom is -0.438 e. The molecule has 3 atom stereocenters. The first-order valence-corrected chi connectivity index (χ1v) is 11.9. The van der Waals surface area contributed by atoms with E-state index in [-0.39, 0.29) is 18.5 Å². The molecule has 2 N–H and O–H groups in total. The number of hydrogen-bond acceptors (Lipinski definition) is 4. The van der Waals surface area contributed by atoms with Gasteiger partial charge in [-0.05, 0) is 73.0 Å². The quantitative estimate of drug-likeness (QED) is 0.439. The zero-order valence-corrected chi connectivity index (χ0v) is 20.4. The number of carbonyl (C=O) groups is 3. The van der Waals surface area contributed by atoms with Crippen LogP contribution in [0.5, 0.6) is 0 Å². The maximum atomic E-state index is 13.4. The highest BCUT2D eigenvalue weighted by Gasteiger charge is 2.47. The number of nitrogens with one attached hydrogen (secondary N) is 2. The molecule has 0 radical (unpaired) electrons. The molecule has 1 heterocycles. The fraction of sp³-hybridized carbons (Fsp3) is 0.250. The van der Waals surface area contributed by atoms with Crippen molar-refractivity contribution in [2.45, 2.75) is 45.0 Å². The molecule has 1 fully saturated rings. The summed E-state index contributed by atoms with van der Waals surface area (Å²) in [7, 11) is 0. The van der Waals surface area contributed by atoms with E-state index in [4.69, 9.17) is 4.74 Å². The standard InChI is InChI=1S/C28H27F2N3O4/c1-3-17(2)31-27(35)24-25(37-28(36)33(24)16-18-4-10-21(29)11-5-18)19-8-14-23(15-9-19)32-26(34)20-6-12-22(30)13-7-20/h4-15,17,24-25H,3,16H2,1-2H3,(H,31,35)(H,32,34)/t17-,24+,25-/m0/s1. The van der Waals surface area contributed by atoms with Crippen LogP contribution in [0.2, 0.25) is 0 Å². The first kappa shape index (κ1) is 25.8. The molecular weight excluding hydrogens is 480 g/mol. The summed E-state index contributed by atoms with van der Waals surface area (Å²) in [4.78, 5) is 39.9. The van der Waals surface area contributed by atoms with Crippen LogP contribution in [0.4, 0.5) is 19.3 Å². The minimum atomic E-state index is -0.953. The summed E-state index contributed by atoms with van der Waals surface area (Å²) < 4.78 is 32.1. The Kier molecular flexibility index (Phi) is 7.81. The van der Waals surface area contributed by atoms with E-state index < -0.39 is 35.8 Å². The van der Waals surface area contributed by atoms with Crippen LogP contribution in [0.15, 0.2) is 72.8 Å². The molecule has 0 aromatic heterocycles. The van der Waals surface area contributed by atoms with Gasteiger partial charge in [-0.25, -0.2) is 13.6 Å². The summed E-state index contributed by atoms with van der Waals surface area (Å²) >= 11 is 0. The highest BCUT2D eigenvalue weighted by molar-refractivity contribution is 6.04. The van der Waals surface area contributed by atoms with E-state index in [9.17, 15) is 23.2 Å². The third kappa shape index (κ3) is 6.11. The van der Waals surface area contributed by atoms with Crippen LogP contribution >= 0.6 is 0 Å². The number of nitrogens with zero attached hydrogens (tertiary/aromatic N) is 1. The molecule has 0 aliphatic carbocycles. The van der Waals surface area contributed by atoms with Crippen LogP contribution in [-0.4, -0.2) is 34.9 Å². The van der Waals surface area contributed by atoms with Crippen LogP contribution < -0.4 is 10.6 Å². The van der Waals surface area contributed by atoms with Gasteiger partial charge in [-0.2, -0.15) is 0 Å². The molecule has 3 amide bonds. The van der Waals surface area contributed by atoms with Crippen molar-refractivity contribution in [1.29, 1.82) is 0 Å². The first-order chi connectivity index (χ1) is 17.7. The molecule has 192 valence electrons. The van der Waals surface area contributed by atoms with Crippen molar-refractivity contribution in [3.05, 3.63) is 101 Å². The Morgan fingerprint density at radius 3 is 2.14 bits per heavy atom. The van der Waals surface area contributed by atoms with E-state index in [1.54, 1.807) is 36.4 Å². The molecule has 0 saturated carbocycles. The van der Waals surface area contributed by atoms with Gasteiger partial charge in [-0.1, -0.05) is 31.2 Å². The first-order valence-electron chi connectivity index (χ1n) is 11.9. The van der Waals surface area contributed by atoms with Gasteiger partial charge in [0, 0.05) is 17.3 Å². The summed E-state index contributed by atoms with van der Waals surface area (Å²) in [5, 5.41) is 5.65. The molecule has 1 saturated heterocycles. The molecule has 0 spiro atoms. The molecular formula is C28H27F2N3O4. The second kappa shape index (κ2) is 11.2. The number of ether oxygens (including phenoxy) is 1. The molecule has 3 aromatic rings. The molecule has 1 aliphatic heterocycles. The zero-order chi connectivity index (χ0) is 26.5. The molecule has 3 aromatic carbocycles. The van der Waals surface area contributed by atoms with Gasteiger partial charge in [-0.3, -0.25) is 14.5 Å². The van der Waals surface area contributed by atoms with Gasteiger partial charge in [0.15, 0.2) is 12.1 Å². The molecule has 37 heavy (non-hydrogen) atoms. The van der Waals surface area contributed by atoms with Crippen molar-refractivity contribution in [2.24, 2.45) is 0 Å². The Morgan fingerprint density at radius 2 is 1.54 bits per heavy atom. The van der Waals surface area contributed by atoms with E-state index in [1.165, 1.54) is 41.3 Å². The van der Waals surface area contributed by atoms with Crippen molar-refractivity contribution < 1.29 is 27.9 Å². The number of halogens is 2. The predicted molar refractivity (Wildman–Crippen MR) is 134 cm³/mol. The van der Waals surface area contributed by atoms with Crippen LogP contribution in [0.25, 0.3) is 0 Å². The second-order valence-corrected chi connectivity index (χ2v) is 8.90. The largest absolute Gasteiger partial charge is 0.438 e. The second-order valence-electron chi connectivity index (χ2n) is 8.90. The van der Waals surface area contributed by atoms with E-state index in [1.807, 2.05) is 13.8 Å². The van der Waals surface area contributed by atoms with E-state index >= 15 is 0 Å². The SMILES string of the molecule is CC[C@H](C)NC(=O)[C@H]1[C@H](c2ccc(NC(=O)c3ccc(F)cc3)cc2)OC(=O)N1Cc1ccc(F)cc1.